The lowest BCUT2D eigenvalue weighted by molar-refractivity contribution is -0.121. The minimum atomic E-state index is -0.134. The first kappa shape index (κ1) is 15.1. The Hall–Kier alpha value is -3.41. The first-order valence-electron chi connectivity index (χ1n) is 7.87. The van der Waals surface area contributed by atoms with Gasteiger partial charge in [0.15, 0.2) is 12.4 Å². The molecule has 2 heterocycles. The van der Waals surface area contributed by atoms with E-state index < -0.39 is 0 Å². The molecule has 2 aromatic carbocycles. The normalized spacial score (nSPS) is 13.8. The van der Waals surface area contributed by atoms with Crippen LogP contribution in [0, 0.1) is 0 Å². The summed E-state index contributed by atoms with van der Waals surface area (Å²) < 4.78 is 10.7. The smallest absolute Gasteiger partial charge is 0.265 e. The number of rotatable bonds is 4. The van der Waals surface area contributed by atoms with Crippen LogP contribution in [-0.2, 0) is 11.3 Å². The van der Waals surface area contributed by atoms with Gasteiger partial charge in [-0.1, -0.05) is 47.6 Å². The van der Waals surface area contributed by atoms with E-state index in [1.807, 2.05) is 60.7 Å². The number of aromatic nitrogens is 2. The van der Waals surface area contributed by atoms with E-state index in [1.165, 1.54) is 0 Å². The molecular formula is C19H15N3O3. The minimum Gasteiger partial charge on any atom is -0.482 e. The molecule has 1 aromatic heterocycles. The summed E-state index contributed by atoms with van der Waals surface area (Å²) in [5.74, 6) is 1.38. The van der Waals surface area contributed by atoms with Crippen LogP contribution in [0.3, 0.4) is 0 Å². The molecule has 6 heteroatoms. The molecule has 0 unspecified atom stereocenters. The van der Waals surface area contributed by atoms with Gasteiger partial charge in [-0.15, -0.1) is 0 Å². The molecule has 124 valence electrons. The molecule has 1 aliphatic rings. The van der Waals surface area contributed by atoms with Crippen molar-refractivity contribution in [1.29, 1.82) is 0 Å². The Labute approximate surface area is 144 Å². The van der Waals surface area contributed by atoms with Crippen LogP contribution >= 0.6 is 0 Å². The number of carbonyl (C=O) groups is 1. The highest BCUT2D eigenvalue weighted by Crippen LogP contribution is 2.32. The molecular weight excluding hydrogens is 318 g/mol. The molecule has 0 aliphatic carbocycles. The molecule has 6 nitrogen and oxygen atoms in total. The van der Waals surface area contributed by atoms with Crippen LogP contribution in [0.15, 0.2) is 59.1 Å². The van der Waals surface area contributed by atoms with Crippen molar-refractivity contribution in [3.63, 3.8) is 0 Å². The molecule has 3 aromatic rings. The molecule has 0 atom stereocenters. The van der Waals surface area contributed by atoms with Gasteiger partial charge in [-0.05, 0) is 23.8 Å². The first-order valence-corrected chi connectivity index (χ1v) is 7.87. The highest BCUT2D eigenvalue weighted by Gasteiger charge is 2.26. The number of hydrogen-bond acceptors (Lipinski definition) is 5. The van der Waals surface area contributed by atoms with Crippen LogP contribution in [0.25, 0.3) is 12.2 Å². The van der Waals surface area contributed by atoms with Crippen molar-refractivity contribution in [2.24, 2.45) is 0 Å². The summed E-state index contributed by atoms with van der Waals surface area (Å²) in [6.07, 6.45) is 3.65. The Morgan fingerprint density at radius 2 is 1.84 bits per heavy atom. The number of hydrogen-bond donors (Lipinski definition) is 0. The van der Waals surface area contributed by atoms with Gasteiger partial charge in [0.1, 0.15) is 5.75 Å². The van der Waals surface area contributed by atoms with E-state index in [2.05, 4.69) is 10.1 Å². The maximum Gasteiger partial charge on any atom is 0.265 e. The molecule has 4 rings (SSSR count). The van der Waals surface area contributed by atoms with E-state index in [0.717, 1.165) is 5.56 Å². The fourth-order valence-electron chi connectivity index (χ4n) is 2.60. The molecule has 1 aliphatic heterocycles. The average Bonchev–Trinajstić information content (AvgIpc) is 3.11. The maximum atomic E-state index is 12.2. The number of anilines is 1. The lowest BCUT2D eigenvalue weighted by Crippen LogP contribution is -2.38. The molecule has 0 N–H and O–H groups in total. The van der Waals surface area contributed by atoms with Gasteiger partial charge in [0.25, 0.3) is 11.8 Å². The highest BCUT2D eigenvalue weighted by molar-refractivity contribution is 5.97. The Morgan fingerprint density at radius 3 is 2.72 bits per heavy atom. The van der Waals surface area contributed by atoms with E-state index in [0.29, 0.717) is 23.2 Å². The van der Waals surface area contributed by atoms with Gasteiger partial charge in [-0.3, -0.25) is 9.69 Å². The number of nitrogens with zero attached hydrogens (tertiary/aromatic N) is 3. The Bertz CT molecular complexity index is 918. The lowest BCUT2D eigenvalue weighted by Gasteiger charge is -2.28. The van der Waals surface area contributed by atoms with E-state index in [1.54, 1.807) is 11.0 Å². The number of carbonyl (C=O) groups excluding carboxylic acids is 1. The number of fused-ring (bicyclic) bond motifs is 1. The zero-order valence-electron chi connectivity index (χ0n) is 13.3. The summed E-state index contributed by atoms with van der Waals surface area (Å²) in [6.45, 7) is 0.248. The van der Waals surface area contributed by atoms with E-state index >= 15 is 0 Å². The number of benzene rings is 2. The topological polar surface area (TPSA) is 68.5 Å². The molecule has 1 amide bonds. The largest absolute Gasteiger partial charge is 0.482 e. The average molecular weight is 333 g/mol. The fraction of sp³-hybridized carbons (Fsp3) is 0.105. The molecule has 0 bridgehead atoms. The van der Waals surface area contributed by atoms with Crippen molar-refractivity contribution in [3.05, 3.63) is 71.9 Å². The van der Waals surface area contributed by atoms with Gasteiger partial charge < -0.3 is 9.26 Å². The third kappa shape index (κ3) is 3.28. The zero-order valence-corrected chi connectivity index (χ0v) is 13.3. The summed E-state index contributed by atoms with van der Waals surface area (Å²) in [5.41, 5.74) is 1.75. The molecule has 0 saturated carbocycles. The van der Waals surface area contributed by atoms with Gasteiger partial charge in [-0.25, -0.2) is 0 Å². The number of para-hydroxylation sites is 2. The standard InChI is InChI=1S/C19H15N3O3/c23-19-13-24-16-9-5-4-8-15(16)22(19)12-17-20-18(25-21-17)11-10-14-6-2-1-3-7-14/h1-11H,12-13H2. The van der Waals surface area contributed by atoms with Crippen LogP contribution < -0.4 is 9.64 Å². The van der Waals surface area contributed by atoms with Gasteiger partial charge in [0.05, 0.1) is 12.2 Å². The van der Waals surface area contributed by atoms with Crippen molar-refractivity contribution in [1.82, 2.24) is 10.1 Å². The molecule has 0 radical (unpaired) electrons. The van der Waals surface area contributed by atoms with Gasteiger partial charge in [0, 0.05) is 6.08 Å². The van der Waals surface area contributed by atoms with E-state index in [9.17, 15) is 4.79 Å². The Morgan fingerprint density at radius 1 is 1.04 bits per heavy atom. The van der Waals surface area contributed by atoms with Gasteiger partial charge in [0.2, 0.25) is 0 Å². The van der Waals surface area contributed by atoms with E-state index in [4.69, 9.17) is 9.26 Å². The zero-order chi connectivity index (χ0) is 17.1. The predicted molar refractivity (Wildman–Crippen MR) is 92.8 cm³/mol. The quantitative estimate of drug-likeness (QED) is 0.733. The fourth-order valence-corrected chi connectivity index (χ4v) is 2.60. The second kappa shape index (κ2) is 6.60. The predicted octanol–water partition coefficient (Wildman–Crippen LogP) is 3.17. The van der Waals surface area contributed by atoms with Crippen LogP contribution in [0.1, 0.15) is 17.3 Å². The van der Waals surface area contributed by atoms with Gasteiger partial charge in [-0.2, -0.15) is 4.98 Å². The molecule has 25 heavy (non-hydrogen) atoms. The Balaban J connectivity index is 1.52. The summed E-state index contributed by atoms with van der Waals surface area (Å²) in [4.78, 5) is 18.1. The van der Waals surface area contributed by atoms with Crippen molar-refractivity contribution in [2.75, 3.05) is 11.5 Å². The lowest BCUT2D eigenvalue weighted by atomic mass is 10.2. The first-order chi connectivity index (χ1) is 12.3. The van der Waals surface area contributed by atoms with Crippen LogP contribution in [-0.4, -0.2) is 22.7 Å². The van der Waals surface area contributed by atoms with Crippen molar-refractivity contribution >= 4 is 23.7 Å². The van der Waals surface area contributed by atoms with Crippen molar-refractivity contribution < 1.29 is 14.1 Å². The minimum absolute atomic E-state index is 0.00956. The molecule has 0 fully saturated rings. The van der Waals surface area contributed by atoms with Crippen LogP contribution in [0.2, 0.25) is 0 Å². The molecule has 0 saturated heterocycles. The molecule has 0 spiro atoms. The van der Waals surface area contributed by atoms with Crippen LogP contribution in [0.5, 0.6) is 5.75 Å². The highest BCUT2D eigenvalue weighted by atomic mass is 16.5. The Kier molecular flexibility index (Phi) is 4.00. The summed E-state index contributed by atoms with van der Waals surface area (Å²) >= 11 is 0. The number of amides is 1. The maximum absolute atomic E-state index is 12.2. The van der Waals surface area contributed by atoms with Crippen LogP contribution in [0.4, 0.5) is 5.69 Å². The number of ether oxygens (including phenoxy) is 1. The van der Waals surface area contributed by atoms with Gasteiger partial charge >= 0.3 is 0 Å². The second-order valence-corrected chi connectivity index (χ2v) is 5.53. The van der Waals surface area contributed by atoms with E-state index in [-0.39, 0.29) is 19.1 Å². The summed E-state index contributed by atoms with van der Waals surface area (Å²) in [6, 6.07) is 17.2. The third-order valence-electron chi connectivity index (χ3n) is 3.81. The SMILES string of the molecule is O=C1COc2ccccc2N1Cc1noc(C=Cc2ccccc2)n1. The third-order valence-corrected chi connectivity index (χ3v) is 3.81. The summed E-state index contributed by atoms with van der Waals surface area (Å²) in [5, 5.41) is 3.96. The second-order valence-electron chi connectivity index (χ2n) is 5.53. The van der Waals surface area contributed by atoms with Crippen molar-refractivity contribution in [2.45, 2.75) is 6.54 Å². The monoisotopic (exact) mass is 333 g/mol. The van der Waals surface area contributed by atoms with Crippen molar-refractivity contribution in [3.8, 4) is 5.75 Å². The summed E-state index contributed by atoms with van der Waals surface area (Å²) in [7, 11) is 0.